The van der Waals surface area contributed by atoms with Gasteiger partial charge in [-0.1, -0.05) is 18.2 Å². The average molecular weight is 193 g/mol. The Morgan fingerprint density at radius 3 is 2.71 bits per heavy atom. The second kappa shape index (κ2) is 3.57. The number of benzene rings is 1. The number of cyclic esters (lactones) is 1. The van der Waals surface area contributed by atoms with Crippen LogP contribution in [0.2, 0.25) is 0 Å². The lowest BCUT2D eigenvalue weighted by Gasteiger charge is -2.10. The Hall–Kier alpha value is -1.71. The van der Waals surface area contributed by atoms with Crippen molar-refractivity contribution in [1.82, 2.24) is 4.90 Å². The molecule has 1 aromatic rings. The maximum Gasteiger partial charge on any atom is 0.412 e. The molecule has 0 saturated carbocycles. The molecule has 0 aliphatic carbocycles. The van der Waals surface area contributed by atoms with Gasteiger partial charge in [0.05, 0.1) is 6.54 Å². The number of amides is 1. The lowest BCUT2D eigenvalue weighted by atomic mass is 10.3. The number of carbonyl (C=O) groups excluding carboxylic acids is 1. The number of hydrogen-bond donors (Lipinski definition) is 0. The van der Waals surface area contributed by atoms with E-state index in [1.165, 1.54) is 4.90 Å². The van der Waals surface area contributed by atoms with Crippen LogP contribution in [0, 0.1) is 0 Å². The number of nitrogens with zero attached hydrogens (tertiary/aromatic N) is 1. The Balaban J connectivity index is 1.97. The smallest absolute Gasteiger partial charge is 0.412 e. The first kappa shape index (κ1) is 8.87. The minimum absolute atomic E-state index is 0.342. The maximum absolute atomic E-state index is 11.0. The quantitative estimate of drug-likeness (QED) is 0.714. The molecule has 0 N–H and O–H groups in total. The molecule has 1 aliphatic heterocycles. The van der Waals surface area contributed by atoms with E-state index in [2.05, 4.69) is 0 Å². The van der Waals surface area contributed by atoms with Gasteiger partial charge in [0, 0.05) is 7.05 Å². The molecule has 1 fully saturated rings. The predicted octanol–water partition coefficient (Wildman–Crippen LogP) is 1.47. The number of carbonyl (C=O) groups is 1. The first-order valence-corrected chi connectivity index (χ1v) is 4.39. The second-order valence-electron chi connectivity index (χ2n) is 3.12. The van der Waals surface area contributed by atoms with E-state index < -0.39 is 6.29 Å². The maximum atomic E-state index is 11.0. The van der Waals surface area contributed by atoms with Crippen LogP contribution in [-0.4, -0.2) is 30.9 Å². The fourth-order valence-corrected chi connectivity index (χ4v) is 1.25. The summed E-state index contributed by atoms with van der Waals surface area (Å²) in [7, 11) is 1.68. The van der Waals surface area contributed by atoms with Crippen molar-refractivity contribution >= 4 is 6.09 Å². The number of rotatable bonds is 2. The number of hydrogen-bond acceptors (Lipinski definition) is 3. The highest BCUT2D eigenvalue weighted by atomic mass is 16.7. The summed E-state index contributed by atoms with van der Waals surface area (Å²) in [5.74, 6) is 0.709. The van der Waals surface area contributed by atoms with Crippen molar-refractivity contribution in [2.45, 2.75) is 6.29 Å². The molecule has 1 aromatic carbocycles. The lowest BCUT2D eigenvalue weighted by Crippen LogP contribution is -2.22. The van der Waals surface area contributed by atoms with Crippen LogP contribution >= 0.6 is 0 Å². The predicted molar refractivity (Wildman–Crippen MR) is 50.0 cm³/mol. The van der Waals surface area contributed by atoms with Crippen LogP contribution in [0.25, 0.3) is 0 Å². The van der Waals surface area contributed by atoms with Crippen molar-refractivity contribution in [3.05, 3.63) is 30.3 Å². The summed E-state index contributed by atoms with van der Waals surface area (Å²) in [5.41, 5.74) is 0. The largest absolute Gasteiger partial charge is 0.453 e. The fraction of sp³-hybridized carbons (Fsp3) is 0.300. The molecule has 4 nitrogen and oxygen atoms in total. The molecular weight excluding hydrogens is 182 g/mol. The van der Waals surface area contributed by atoms with Gasteiger partial charge in [-0.05, 0) is 12.1 Å². The highest BCUT2D eigenvalue weighted by Crippen LogP contribution is 2.15. The molecule has 1 amide bonds. The van der Waals surface area contributed by atoms with Crippen molar-refractivity contribution < 1.29 is 14.3 Å². The van der Waals surface area contributed by atoms with E-state index in [9.17, 15) is 4.79 Å². The van der Waals surface area contributed by atoms with Crippen molar-refractivity contribution in [2.24, 2.45) is 0 Å². The molecule has 74 valence electrons. The summed E-state index contributed by atoms with van der Waals surface area (Å²) in [6.07, 6.45) is -0.833. The Morgan fingerprint density at radius 1 is 1.43 bits per heavy atom. The van der Waals surface area contributed by atoms with E-state index in [1.807, 2.05) is 30.3 Å². The molecule has 1 heterocycles. The Labute approximate surface area is 82.0 Å². The third-order valence-electron chi connectivity index (χ3n) is 1.98. The van der Waals surface area contributed by atoms with Gasteiger partial charge in [-0.25, -0.2) is 4.79 Å². The molecule has 1 saturated heterocycles. The van der Waals surface area contributed by atoms with Crippen LogP contribution in [0.1, 0.15) is 0 Å². The molecule has 2 rings (SSSR count). The second-order valence-corrected chi connectivity index (χ2v) is 3.12. The standard InChI is InChI=1S/C10H11NO3/c1-11-7-9(14-10(11)12)13-8-5-3-2-4-6-8/h2-6,9H,7H2,1H3. The Kier molecular flexibility index (Phi) is 2.26. The van der Waals surface area contributed by atoms with Crippen LogP contribution in [0.5, 0.6) is 5.75 Å². The molecule has 1 atom stereocenters. The minimum atomic E-state index is -0.491. The third-order valence-corrected chi connectivity index (χ3v) is 1.98. The van der Waals surface area contributed by atoms with Gasteiger partial charge in [0.25, 0.3) is 6.29 Å². The van der Waals surface area contributed by atoms with Gasteiger partial charge < -0.3 is 14.4 Å². The molecular formula is C10H11NO3. The van der Waals surface area contributed by atoms with Gasteiger partial charge >= 0.3 is 6.09 Å². The molecule has 0 aromatic heterocycles. The van der Waals surface area contributed by atoms with E-state index in [0.29, 0.717) is 12.3 Å². The van der Waals surface area contributed by atoms with Crippen LogP contribution in [0.4, 0.5) is 4.79 Å². The summed E-state index contributed by atoms with van der Waals surface area (Å²) < 4.78 is 10.4. The van der Waals surface area contributed by atoms with Crippen molar-refractivity contribution in [3.8, 4) is 5.75 Å². The lowest BCUT2D eigenvalue weighted by molar-refractivity contribution is 0.00537. The molecule has 0 bridgehead atoms. The zero-order valence-electron chi connectivity index (χ0n) is 7.84. The average Bonchev–Trinajstić information content (AvgIpc) is 2.47. The molecule has 1 unspecified atom stereocenters. The molecule has 0 radical (unpaired) electrons. The summed E-state index contributed by atoms with van der Waals surface area (Å²) in [4.78, 5) is 12.5. The zero-order valence-corrected chi connectivity index (χ0v) is 7.84. The van der Waals surface area contributed by atoms with E-state index in [4.69, 9.17) is 9.47 Å². The van der Waals surface area contributed by atoms with Gasteiger partial charge in [-0.3, -0.25) is 0 Å². The number of ether oxygens (including phenoxy) is 2. The third kappa shape index (κ3) is 1.79. The summed E-state index contributed by atoms with van der Waals surface area (Å²) >= 11 is 0. The molecule has 4 heteroatoms. The van der Waals surface area contributed by atoms with Gasteiger partial charge in [0.2, 0.25) is 0 Å². The topological polar surface area (TPSA) is 38.8 Å². The van der Waals surface area contributed by atoms with Crippen LogP contribution in [0.15, 0.2) is 30.3 Å². The van der Waals surface area contributed by atoms with Crippen molar-refractivity contribution in [3.63, 3.8) is 0 Å². The van der Waals surface area contributed by atoms with Crippen LogP contribution < -0.4 is 4.74 Å². The summed E-state index contributed by atoms with van der Waals surface area (Å²) in [6.45, 7) is 0.466. The van der Waals surface area contributed by atoms with Crippen LogP contribution in [0.3, 0.4) is 0 Å². The zero-order chi connectivity index (χ0) is 9.97. The SMILES string of the molecule is CN1CC(Oc2ccccc2)OC1=O. The van der Waals surface area contributed by atoms with E-state index in [0.717, 1.165) is 0 Å². The van der Waals surface area contributed by atoms with Gasteiger partial charge in [0.15, 0.2) is 0 Å². The Bertz CT molecular complexity index is 325. The van der Waals surface area contributed by atoms with Gasteiger partial charge in [0.1, 0.15) is 5.75 Å². The van der Waals surface area contributed by atoms with Gasteiger partial charge in [-0.15, -0.1) is 0 Å². The molecule has 1 aliphatic rings. The van der Waals surface area contributed by atoms with Gasteiger partial charge in [-0.2, -0.15) is 0 Å². The molecule has 0 spiro atoms. The van der Waals surface area contributed by atoms with Crippen molar-refractivity contribution in [2.75, 3.05) is 13.6 Å². The molecule has 14 heavy (non-hydrogen) atoms. The van der Waals surface area contributed by atoms with E-state index in [1.54, 1.807) is 7.05 Å². The Morgan fingerprint density at radius 2 is 2.14 bits per heavy atom. The first-order valence-electron chi connectivity index (χ1n) is 4.39. The van der Waals surface area contributed by atoms with Crippen molar-refractivity contribution in [1.29, 1.82) is 0 Å². The van der Waals surface area contributed by atoms with Crippen LogP contribution in [-0.2, 0) is 4.74 Å². The fourth-order valence-electron chi connectivity index (χ4n) is 1.25. The highest BCUT2D eigenvalue weighted by molar-refractivity contribution is 5.69. The van der Waals surface area contributed by atoms with E-state index >= 15 is 0 Å². The normalized spacial score (nSPS) is 20.8. The first-order chi connectivity index (χ1) is 6.75. The minimum Gasteiger partial charge on any atom is -0.453 e. The number of para-hydroxylation sites is 1. The highest BCUT2D eigenvalue weighted by Gasteiger charge is 2.29. The monoisotopic (exact) mass is 193 g/mol. The summed E-state index contributed by atoms with van der Waals surface area (Å²) in [6, 6.07) is 9.30. The summed E-state index contributed by atoms with van der Waals surface area (Å²) in [5, 5.41) is 0. The van der Waals surface area contributed by atoms with E-state index in [-0.39, 0.29) is 6.09 Å². The number of likely N-dealkylation sites (N-methyl/N-ethyl adjacent to an activating group) is 1.